The van der Waals surface area contributed by atoms with E-state index in [0.29, 0.717) is 0 Å². The van der Waals surface area contributed by atoms with Gasteiger partial charge in [-0.15, -0.1) is 0 Å². The minimum absolute atomic E-state index is 0.0606. The van der Waals surface area contributed by atoms with E-state index >= 15 is 0 Å². The van der Waals surface area contributed by atoms with Gasteiger partial charge in [0, 0.05) is 0 Å². The van der Waals surface area contributed by atoms with Crippen LogP contribution in [-0.4, -0.2) is 5.91 Å². The zero-order valence-electron chi connectivity index (χ0n) is 8.90. The Hall–Kier alpha value is -1.82. The lowest BCUT2D eigenvalue weighted by atomic mass is 10.1. The van der Waals surface area contributed by atoms with Crippen LogP contribution in [0.25, 0.3) is 0 Å². The molecule has 0 spiro atoms. The van der Waals surface area contributed by atoms with Gasteiger partial charge in [-0.3, -0.25) is 4.79 Å². The highest BCUT2D eigenvalue weighted by atomic mass is 16.1. The van der Waals surface area contributed by atoms with Crippen LogP contribution in [0.3, 0.4) is 0 Å². The molecule has 0 saturated heterocycles. The molecule has 0 radical (unpaired) electrons. The Morgan fingerprint density at radius 1 is 1.33 bits per heavy atom. The maximum Gasteiger partial charge on any atom is 0.237 e. The normalized spacial score (nSPS) is 13.7. The van der Waals surface area contributed by atoms with Crippen LogP contribution in [0.15, 0.2) is 30.3 Å². The zero-order valence-corrected chi connectivity index (χ0v) is 8.90. The lowest BCUT2D eigenvalue weighted by molar-refractivity contribution is -0.123. The average molecular weight is 202 g/mol. The van der Waals surface area contributed by atoms with Crippen molar-refractivity contribution in [2.45, 2.75) is 19.9 Å². The largest absolute Gasteiger partial charge is 0.348 e. The predicted molar refractivity (Wildman–Crippen MR) is 57.8 cm³/mol. The number of nitrogens with one attached hydrogen (secondary N) is 1. The van der Waals surface area contributed by atoms with E-state index in [1.54, 1.807) is 6.92 Å². The summed E-state index contributed by atoms with van der Waals surface area (Å²) in [5.41, 5.74) is 1.04. The Morgan fingerprint density at radius 3 is 2.47 bits per heavy atom. The van der Waals surface area contributed by atoms with Crippen molar-refractivity contribution in [2.24, 2.45) is 5.92 Å². The summed E-state index contributed by atoms with van der Waals surface area (Å²) in [6.45, 7) is 3.49. The van der Waals surface area contributed by atoms with Crippen LogP contribution in [0.2, 0.25) is 0 Å². The first-order valence-corrected chi connectivity index (χ1v) is 4.90. The van der Waals surface area contributed by atoms with Gasteiger partial charge in [0.05, 0.1) is 12.1 Å². The molecular formula is C12H14N2O. The molecule has 0 aliphatic rings. The highest BCUT2D eigenvalue weighted by molar-refractivity contribution is 5.80. The number of hydrogen-bond donors (Lipinski definition) is 1. The third kappa shape index (κ3) is 3.10. The Bertz CT molecular complexity index is 367. The van der Waals surface area contributed by atoms with E-state index in [4.69, 9.17) is 5.26 Å². The third-order valence-corrected chi connectivity index (χ3v) is 2.25. The molecule has 0 bridgehead atoms. The number of carbonyl (C=O) groups is 1. The topological polar surface area (TPSA) is 52.9 Å². The first-order valence-electron chi connectivity index (χ1n) is 4.90. The summed E-state index contributed by atoms with van der Waals surface area (Å²) in [5, 5.41) is 11.4. The molecule has 0 saturated carbocycles. The minimum atomic E-state index is -0.601. The van der Waals surface area contributed by atoms with Crippen LogP contribution >= 0.6 is 0 Å². The fourth-order valence-electron chi connectivity index (χ4n) is 1.22. The van der Waals surface area contributed by atoms with Crippen molar-refractivity contribution < 1.29 is 4.79 Å². The summed E-state index contributed by atoms with van der Waals surface area (Å²) in [6, 6.07) is 11.5. The van der Waals surface area contributed by atoms with Gasteiger partial charge in [0.15, 0.2) is 0 Å². The Morgan fingerprint density at radius 2 is 1.93 bits per heavy atom. The van der Waals surface area contributed by atoms with Crippen molar-refractivity contribution in [3.8, 4) is 6.07 Å². The molecule has 78 valence electrons. The van der Waals surface area contributed by atoms with Crippen molar-refractivity contribution in [3.05, 3.63) is 35.9 Å². The quantitative estimate of drug-likeness (QED) is 0.815. The van der Waals surface area contributed by atoms with Crippen molar-refractivity contribution in [2.75, 3.05) is 0 Å². The molecule has 2 atom stereocenters. The molecule has 1 amide bonds. The first-order chi connectivity index (χ1) is 7.15. The Labute approximate surface area is 89.7 Å². The molecule has 0 fully saturated rings. The second kappa shape index (κ2) is 5.16. The minimum Gasteiger partial charge on any atom is -0.348 e. The maximum absolute atomic E-state index is 11.4. The van der Waals surface area contributed by atoms with Crippen LogP contribution in [-0.2, 0) is 4.79 Å². The van der Waals surface area contributed by atoms with E-state index < -0.39 is 5.92 Å². The van der Waals surface area contributed by atoms with Crippen LogP contribution < -0.4 is 5.32 Å². The zero-order chi connectivity index (χ0) is 11.3. The fraction of sp³-hybridized carbons (Fsp3) is 0.333. The van der Waals surface area contributed by atoms with E-state index in [2.05, 4.69) is 5.32 Å². The number of hydrogen-bond acceptors (Lipinski definition) is 2. The lowest BCUT2D eigenvalue weighted by Crippen LogP contribution is -2.30. The van der Waals surface area contributed by atoms with Crippen molar-refractivity contribution in [1.29, 1.82) is 5.26 Å². The maximum atomic E-state index is 11.4. The van der Waals surface area contributed by atoms with E-state index in [1.165, 1.54) is 0 Å². The average Bonchev–Trinajstić information content (AvgIpc) is 2.29. The molecule has 2 unspecified atom stereocenters. The van der Waals surface area contributed by atoms with Crippen molar-refractivity contribution in [1.82, 2.24) is 5.32 Å². The van der Waals surface area contributed by atoms with Gasteiger partial charge in [-0.1, -0.05) is 30.3 Å². The smallest absolute Gasteiger partial charge is 0.237 e. The first kappa shape index (κ1) is 11.3. The second-order valence-electron chi connectivity index (χ2n) is 3.49. The number of benzene rings is 1. The Balaban J connectivity index is 2.61. The van der Waals surface area contributed by atoms with Crippen LogP contribution in [0.5, 0.6) is 0 Å². The van der Waals surface area contributed by atoms with Gasteiger partial charge in [-0.2, -0.15) is 5.26 Å². The van der Waals surface area contributed by atoms with Crippen LogP contribution in [0, 0.1) is 17.2 Å². The Kier molecular flexibility index (Phi) is 3.87. The van der Waals surface area contributed by atoms with Gasteiger partial charge in [0.2, 0.25) is 5.91 Å². The predicted octanol–water partition coefficient (Wildman–Crippen LogP) is 2.02. The van der Waals surface area contributed by atoms with Gasteiger partial charge in [-0.05, 0) is 19.4 Å². The van der Waals surface area contributed by atoms with Gasteiger partial charge in [0.25, 0.3) is 0 Å². The van der Waals surface area contributed by atoms with E-state index in [1.807, 2.05) is 43.3 Å². The van der Waals surface area contributed by atoms with Gasteiger partial charge in [-0.25, -0.2) is 0 Å². The summed E-state index contributed by atoms with van der Waals surface area (Å²) in [5.74, 6) is -0.829. The third-order valence-electron chi connectivity index (χ3n) is 2.25. The summed E-state index contributed by atoms with van der Waals surface area (Å²) >= 11 is 0. The second-order valence-corrected chi connectivity index (χ2v) is 3.49. The molecule has 3 nitrogen and oxygen atoms in total. The van der Waals surface area contributed by atoms with Crippen molar-refractivity contribution >= 4 is 5.91 Å². The highest BCUT2D eigenvalue weighted by Crippen LogP contribution is 2.11. The molecule has 1 aromatic carbocycles. The van der Waals surface area contributed by atoms with Gasteiger partial charge in [0.1, 0.15) is 5.92 Å². The van der Waals surface area contributed by atoms with Crippen molar-refractivity contribution in [3.63, 3.8) is 0 Å². The number of nitriles is 1. The monoisotopic (exact) mass is 202 g/mol. The van der Waals surface area contributed by atoms with Gasteiger partial charge < -0.3 is 5.32 Å². The number of carbonyl (C=O) groups excluding carboxylic acids is 1. The summed E-state index contributed by atoms with van der Waals surface area (Å²) in [7, 11) is 0. The summed E-state index contributed by atoms with van der Waals surface area (Å²) < 4.78 is 0. The number of nitrogens with zero attached hydrogens (tertiary/aromatic N) is 1. The number of rotatable bonds is 3. The lowest BCUT2D eigenvalue weighted by Gasteiger charge is -2.14. The van der Waals surface area contributed by atoms with Crippen LogP contribution in [0.4, 0.5) is 0 Å². The molecule has 1 N–H and O–H groups in total. The molecule has 15 heavy (non-hydrogen) atoms. The highest BCUT2D eigenvalue weighted by Gasteiger charge is 2.14. The SMILES string of the molecule is CC(C#N)C(=O)NC(C)c1ccccc1. The molecule has 0 aromatic heterocycles. The molecule has 1 rings (SSSR count). The van der Waals surface area contributed by atoms with E-state index in [0.717, 1.165) is 5.56 Å². The molecule has 0 aliphatic carbocycles. The van der Waals surface area contributed by atoms with Crippen LogP contribution in [0.1, 0.15) is 25.5 Å². The van der Waals surface area contributed by atoms with Gasteiger partial charge >= 0.3 is 0 Å². The van der Waals surface area contributed by atoms with E-state index in [9.17, 15) is 4.79 Å². The molecular weight excluding hydrogens is 188 g/mol. The van der Waals surface area contributed by atoms with E-state index in [-0.39, 0.29) is 11.9 Å². The fourth-order valence-corrected chi connectivity index (χ4v) is 1.22. The standard InChI is InChI=1S/C12H14N2O/c1-9(8-13)12(15)14-10(2)11-6-4-3-5-7-11/h3-7,9-10H,1-2H3,(H,14,15). The molecule has 0 heterocycles. The molecule has 3 heteroatoms. The number of amides is 1. The molecule has 0 aliphatic heterocycles. The molecule has 1 aromatic rings. The summed E-state index contributed by atoms with van der Waals surface area (Å²) in [6.07, 6.45) is 0. The summed E-state index contributed by atoms with van der Waals surface area (Å²) in [4.78, 5) is 11.4.